The first kappa shape index (κ1) is 15.4. The van der Waals surface area contributed by atoms with Gasteiger partial charge in [-0.05, 0) is 13.3 Å². The highest BCUT2D eigenvalue weighted by atomic mass is 16.5. The molecule has 1 atom stereocenters. The lowest BCUT2D eigenvalue weighted by Crippen LogP contribution is -2.56. The number of likely N-dealkylation sites (N-methyl/N-ethyl adjacent to an activating group) is 1. The van der Waals surface area contributed by atoms with E-state index in [0.29, 0.717) is 39.0 Å². The molecule has 1 aliphatic heterocycles. The molecule has 0 spiro atoms. The topological polar surface area (TPSA) is 75.8 Å². The molecule has 0 aromatic carbocycles. The van der Waals surface area contributed by atoms with Gasteiger partial charge in [-0.2, -0.15) is 0 Å². The third kappa shape index (κ3) is 3.93. The van der Waals surface area contributed by atoms with E-state index in [0.717, 1.165) is 6.42 Å². The molecule has 1 fully saturated rings. The molecule has 0 aliphatic carbocycles. The van der Waals surface area contributed by atoms with Gasteiger partial charge >= 0.3 is 0 Å². The summed E-state index contributed by atoms with van der Waals surface area (Å²) in [5.41, 5.74) is 4.35. The number of hydrogen-bond acceptors (Lipinski definition) is 4. The first-order valence-electron chi connectivity index (χ1n) is 6.65. The van der Waals surface area contributed by atoms with Crippen LogP contribution < -0.4 is 5.73 Å². The Labute approximate surface area is 109 Å². The highest BCUT2D eigenvalue weighted by Gasteiger charge is 2.36. The quantitative estimate of drug-likeness (QED) is 0.753. The summed E-state index contributed by atoms with van der Waals surface area (Å²) in [5, 5.41) is 10.4. The maximum atomic E-state index is 12.2. The average Bonchev–Trinajstić information content (AvgIpc) is 2.28. The minimum Gasteiger partial charge on any atom is -0.388 e. The van der Waals surface area contributed by atoms with Crippen LogP contribution in [0.15, 0.2) is 0 Å². The second kappa shape index (κ2) is 5.99. The summed E-state index contributed by atoms with van der Waals surface area (Å²) in [6.07, 6.45) is 2.65. The van der Waals surface area contributed by atoms with Crippen LogP contribution in [0.1, 0.15) is 39.5 Å². The van der Waals surface area contributed by atoms with Crippen LogP contribution in [0.2, 0.25) is 0 Å². The molecule has 1 amide bonds. The van der Waals surface area contributed by atoms with E-state index in [-0.39, 0.29) is 5.91 Å². The lowest BCUT2D eigenvalue weighted by Gasteiger charge is -2.37. The molecule has 5 nitrogen and oxygen atoms in total. The van der Waals surface area contributed by atoms with Crippen molar-refractivity contribution in [3.8, 4) is 0 Å². The Balaban J connectivity index is 2.58. The molecule has 3 N–H and O–H groups in total. The highest BCUT2D eigenvalue weighted by Crippen LogP contribution is 2.22. The Kier molecular flexibility index (Phi) is 5.13. The molecule has 0 bridgehead atoms. The van der Waals surface area contributed by atoms with Gasteiger partial charge in [0.25, 0.3) is 0 Å². The van der Waals surface area contributed by atoms with Crippen LogP contribution in [0.4, 0.5) is 0 Å². The van der Waals surface area contributed by atoms with Gasteiger partial charge in [-0.3, -0.25) is 4.79 Å². The first-order chi connectivity index (χ1) is 8.31. The maximum absolute atomic E-state index is 12.2. The Hall–Kier alpha value is -0.650. The van der Waals surface area contributed by atoms with Gasteiger partial charge in [0.15, 0.2) is 0 Å². The minimum atomic E-state index is -0.842. The molecule has 5 heteroatoms. The fourth-order valence-electron chi connectivity index (χ4n) is 2.49. The number of aliphatic hydroxyl groups is 1. The zero-order chi connectivity index (χ0) is 13.8. The zero-order valence-electron chi connectivity index (χ0n) is 11.7. The van der Waals surface area contributed by atoms with Gasteiger partial charge < -0.3 is 20.5 Å². The molecule has 1 rings (SSSR count). The van der Waals surface area contributed by atoms with Crippen molar-refractivity contribution in [3.63, 3.8) is 0 Å². The van der Waals surface area contributed by atoms with Crippen LogP contribution in [-0.2, 0) is 9.53 Å². The summed E-state index contributed by atoms with van der Waals surface area (Å²) in [4.78, 5) is 13.8. The van der Waals surface area contributed by atoms with Crippen molar-refractivity contribution >= 4 is 5.91 Å². The number of nitrogens with two attached hydrogens (primary N) is 1. The Morgan fingerprint density at radius 1 is 1.50 bits per heavy atom. The fraction of sp³-hybridized carbons (Fsp3) is 0.923. The largest absolute Gasteiger partial charge is 0.388 e. The van der Waals surface area contributed by atoms with Crippen LogP contribution in [-0.4, -0.2) is 53.9 Å². The average molecular weight is 258 g/mol. The van der Waals surface area contributed by atoms with E-state index in [1.54, 1.807) is 18.9 Å². The SMILES string of the molecule is CCCC(C)(N)C(=O)N(C)CC1(O)CCOCC1. The Bertz CT molecular complexity index is 286. The van der Waals surface area contributed by atoms with Crippen molar-refractivity contribution in [2.24, 2.45) is 5.73 Å². The van der Waals surface area contributed by atoms with Gasteiger partial charge in [0.2, 0.25) is 5.91 Å². The van der Waals surface area contributed by atoms with Crippen LogP contribution >= 0.6 is 0 Å². The third-order valence-corrected chi connectivity index (χ3v) is 3.56. The van der Waals surface area contributed by atoms with Crippen molar-refractivity contribution in [1.29, 1.82) is 0 Å². The van der Waals surface area contributed by atoms with E-state index < -0.39 is 11.1 Å². The predicted molar refractivity (Wildman–Crippen MR) is 70.1 cm³/mol. The second-order valence-electron chi connectivity index (χ2n) is 5.67. The zero-order valence-corrected chi connectivity index (χ0v) is 11.7. The lowest BCUT2D eigenvalue weighted by atomic mass is 9.91. The number of hydrogen-bond donors (Lipinski definition) is 2. The normalized spacial score (nSPS) is 22.3. The van der Waals surface area contributed by atoms with E-state index in [9.17, 15) is 9.90 Å². The monoisotopic (exact) mass is 258 g/mol. The third-order valence-electron chi connectivity index (χ3n) is 3.56. The molecule has 106 valence electrons. The van der Waals surface area contributed by atoms with E-state index >= 15 is 0 Å². The number of ether oxygens (including phenoxy) is 1. The number of nitrogens with zero attached hydrogens (tertiary/aromatic N) is 1. The molecule has 1 aliphatic rings. The fourth-order valence-corrected chi connectivity index (χ4v) is 2.49. The van der Waals surface area contributed by atoms with Crippen molar-refractivity contribution in [2.75, 3.05) is 26.8 Å². The van der Waals surface area contributed by atoms with E-state index in [2.05, 4.69) is 0 Å². The molecule has 1 heterocycles. The second-order valence-corrected chi connectivity index (χ2v) is 5.67. The van der Waals surface area contributed by atoms with E-state index in [1.165, 1.54) is 0 Å². The Morgan fingerprint density at radius 2 is 2.06 bits per heavy atom. The van der Waals surface area contributed by atoms with Crippen molar-refractivity contribution in [2.45, 2.75) is 50.7 Å². The van der Waals surface area contributed by atoms with Crippen LogP contribution in [0.3, 0.4) is 0 Å². The molecular weight excluding hydrogens is 232 g/mol. The first-order valence-corrected chi connectivity index (χ1v) is 6.65. The summed E-state index contributed by atoms with van der Waals surface area (Å²) in [5.74, 6) is -0.107. The van der Waals surface area contributed by atoms with Gasteiger partial charge in [-0.25, -0.2) is 0 Å². The number of carbonyl (C=O) groups is 1. The van der Waals surface area contributed by atoms with Crippen molar-refractivity contribution in [1.82, 2.24) is 4.90 Å². The van der Waals surface area contributed by atoms with Gasteiger partial charge in [-0.15, -0.1) is 0 Å². The number of rotatable bonds is 5. The van der Waals surface area contributed by atoms with Crippen LogP contribution in [0.5, 0.6) is 0 Å². The van der Waals surface area contributed by atoms with Crippen LogP contribution in [0.25, 0.3) is 0 Å². The van der Waals surface area contributed by atoms with E-state index in [4.69, 9.17) is 10.5 Å². The maximum Gasteiger partial charge on any atom is 0.242 e. The summed E-state index contributed by atoms with van der Waals surface area (Å²) < 4.78 is 5.22. The summed E-state index contributed by atoms with van der Waals surface area (Å²) in [6.45, 7) is 5.18. The van der Waals surface area contributed by atoms with E-state index in [1.807, 2.05) is 6.92 Å². The van der Waals surface area contributed by atoms with Gasteiger partial charge in [0.05, 0.1) is 11.1 Å². The van der Waals surface area contributed by atoms with Gasteiger partial charge in [-0.1, -0.05) is 13.3 Å². The minimum absolute atomic E-state index is 0.107. The summed E-state index contributed by atoms with van der Waals surface area (Å²) in [7, 11) is 1.70. The molecule has 0 saturated carbocycles. The predicted octanol–water partition coefficient (Wildman–Crippen LogP) is 0.504. The number of carbonyl (C=O) groups excluding carboxylic acids is 1. The van der Waals surface area contributed by atoms with Crippen LogP contribution in [0, 0.1) is 0 Å². The molecule has 0 aromatic rings. The number of amides is 1. The summed E-state index contributed by atoms with van der Waals surface area (Å²) in [6, 6.07) is 0. The molecular formula is C13H26N2O3. The smallest absolute Gasteiger partial charge is 0.242 e. The lowest BCUT2D eigenvalue weighted by molar-refractivity contribution is -0.141. The molecule has 0 radical (unpaired) electrons. The van der Waals surface area contributed by atoms with Gasteiger partial charge in [0.1, 0.15) is 0 Å². The Morgan fingerprint density at radius 3 is 2.56 bits per heavy atom. The van der Waals surface area contributed by atoms with Gasteiger partial charge in [0, 0.05) is 39.6 Å². The summed E-state index contributed by atoms with van der Waals surface area (Å²) >= 11 is 0. The molecule has 18 heavy (non-hydrogen) atoms. The van der Waals surface area contributed by atoms with Crippen molar-refractivity contribution in [3.05, 3.63) is 0 Å². The molecule has 1 unspecified atom stereocenters. The highest BCUT2D eigenvalue weighted by molar-refractivity contribution is 5.85. The standard InChI is InChI=1S/C13H26N2O3/c1-4-5-12(2,14)11(16)15(3)10-13(17)6-8-18-9-7-13/h17H,4-10,14H2,1-3H3. The van der Waals surface area contributed by atoms with Crippen molar-refractivity contribution < 1.29 is 14.6 Å². The molecule has 0 aromatic heterocycles. The molecule has 1 saturated heterocycles.